The molecular formula is C10H14ClNO2S2. The predicted molar refractivity (Wildman–Crippen MR) is 67.9 cm³/mol. The zero-order chi connectivity index (χ0) is 12.0. The van der Waals surface area contributed by atoms with E-state index in [1.165, 1.54) is 11.3 Å². The molecule has 0 radical (unpaired) electrons. The first-order chi connectivity index (χ1) is 7.27. The van der Waals surface area contributed by atoms with Gasteiger partial charge in [-0.15, -0.1) is 11.3 Å². The maximum atomic E-state index is 11.8. The zero-order valence-electron chi connectivity index (χ0n) is 9.16. The third-order valence-corrected chi connectivity index (χ3v) is 5.85. The highest BCUT2D eigenvalue weighted by molar-refractivity contribution is 7.91. The van der Waals surface area contributed by atoms with Gasteiger partial charge in [0.25, 0.3) is 0 Å². The molecule has 2 rings (SSSR count). The maximum Gasteiger partial charge on any atom is 0.153 e. The molecule has 1 aliphatic rings. The van der Waals surface area contributed by atoms with Crippen LogP contribution in [0.15, 0.2) is 12.1 Å². The number of thiophene rings is 1. The summed E-state index contributed by atoms with van der Waals surface area (Å²) in [5.74, 6) is 0.350. The van der Waals surface area contributed by atoms with Gasteiger partial charge in [0.1, 0.15) is 0 Å². The van der Waals surface area contributed by atoms with E-state index in [4.69, 9.17) is 11.6 Å². The average molecular weight is 280 g/mol. The van der Waals surface area contributed by atoms with Crippen LogP contribution in [0.1, 0.15) is 24.8 Å². The lowest BCUT2D eigenvalue weighted by molar-refractivity contribution is 0.362. The molecule has 16 heavy (non-hydrogen) atoms. The molecule has 1 N–H and O–H groups in total. The maximum absolute atomic E-state index is 11.8. The fraction of sp³-hybridized carbons (Fsp3) is 0.600. The topological polar surface area (TPSA) is 46.2 Å². The van der Waals surface area contributed by atoms with E-state index in [0.717, 1.165) is 4.88 Å². The normalized spacial score (nSPS) is 27.8. The van der Waals surface area contributed by atoms with Crippen LogP contribution < -0.4 is 5.32 Å². The number of rotatable bonds is 1. The molecular weight excluding hydrogens is 266 g/mol. The van der Waals surface area contributed by atoms with Crippen molar-refractivity contribution in [2.24, 2.45) is 0 Å². The molecule has 0 aliphatic carbocycles. The Morgan fingerprint density at radius 3 is 2.69 bits per heavy atom. The monoisotopic (exact) mass is 279 g/mol. The second-order valence-corrected chi connectivity index (χ2v) is 8.63. The van der Waals surface area contributed by atoms with Crippen molar-refractivity contribution in [1.82, 2.24) is 5.32 Å². The summed E-state index contributed by atoms with van der Waals surface area (Å²) in [7, 11) is -2.98. The second kappa shape index (κ2) is 3.98. The van der Waals surface area contributed by atoms with Crippen LogP contribution in [0, 0.1) is 0 Å². The largest absolute Gasteiger partial charge is 0.302 e. The van der Waals surface area contributed by atoms with Gasteiger partial charge in [0.15, 0.2) is 9.84 Å². The van der Waals surface area contributed by atoms with Gasteiger partial charge in [-0.25, -0.2) is 8.42 Å². The van der Waals surface area contributed by atoms with Crippen molar-refractivity contribution in [3.8, 4) is 0 Å². The number of sulfone groups is 1. The summed E-state index contributed by atoms with van der Waals surface area (Å²) < 4.78 is 24.3. The van der Waals surface area contributed by atoms with E-state index in [9.17, 15) is 8.42 Å². The molecule has 1 saturated heterocycles. The molecule has 1 fully saturated rings. The molecule has 1 atom stereocenters. The molecule has 1 aromatic rings. The highest BCUT2D eigenvalue weighted by Gasteiger charge is 2.37. The van der Waals surface area contributed by atoms with Gasteiger partial charge < -0.3 is 5.32 Å². The summed E-state index contributed by atoms with van der Waals surface area (Å²) in [5, 5.41) is 3.35. The number of halogens is 1. The Hall–Kier alpha value is -0.100. The Morgan fingerprint density at radius 2 is 2.19 bits per heavy atom. The first-order valence-corrected chi connectivity index (χ1v) is 8.02. The lowest BCUT2D eigenvalue weighted by Crippen LogP contribution is -2.53. The minimum Gasteiger partial charge on any atom is -0.302 e. The highest BCUT2D eigenvalue weighted by atomic mass is 35.5. The van der Waals surface area contributed by atoms with E-state index in [-0.39, 0.29) is 23.1 Å². The first-order valence-electron chi connectivity index (χ1n) is 5.01. The third kappa shape index (κ3) is 2.77. The molecule has 3 nitrogen and oxygen atoms in total. The molecule has 6 heteroatoms. The van der Waals surface area contributed by atoms with Crippen LogP contribution in [0.3, 0.4) is 0 Å². The van der Waals surface area contributed by atoms with E-state index in [1.807, 2.05) is 19.9 Å². The number of hydrogen-bond donors (Lipinski definition) is 1. The Balaban J connectivity index is 2.30. The van der Waals surface area contributed by atoms with Crippen molar-refractivity contribution < 1.29 is 8.42 Å². The summed E-state index contributed by atoms with van der Waals surface area (Å²) >= 11 is 7.30. The van der Waals surface area contributed by atoms with E-state index in [2.05, 4.69) is 5.32 Å². The van der Waals surface area contributed by atoms with Gasteiger partial charge in [0, 0.05) is 10.4 Å². The number of nitrogens with one attached hydrogen (secondary N) is 1. The molecule has 1 aromatic heterocycles. The summed E-state index contributed by atoms with van der Waals surface area (Å²) in [5.41, 5.74) is -0.377. The molecule has 0 aromatic carbocycles. The van der Waals surface area contributed by atoms with Gasteiger partial charge in [-0.3, -0.25) is 0 Å². The molecule has 0 saturated carbocycles. The van der Waals surface area contributed by atoms with Gasteiger partial charge in [0.05, 0.1) is 21.9 Å². The quantitative estimate of drug-likeness (QED) is 0.858. The zero-order valence-corrected chi connectivity index (χ0v) is 11.5. The van der Waals surface area contributed by atoms with Crippen LogP contribution in [0.4, 0.5) is 0 Å². The Labute approximate surface area is 105 Å². The SMILES string of the molecule is CC1(C)CS(=O)(=O)CC(c2ccc(Cl)s2)N1. The second-order valence-electron chi connectivity index (χ2n) is 4.78. The van der Waals surface area contributed by atoms with E-state index in [1.54, 1.807) is 6.07 Å². The smallest absolute Gasteiger partial charge is 0.153 e. The lowest BCUT2D eigenvalue weighted by Gasteiger charge is -2.36. The van der Waals surface area contributed by atoms with Gasteiger partial charge in [0.2, 0.25) is 0 Å². The van der Waals surface area contributed by atoms with Gasteiger partial charge in [-0.1, -0.05) is 11.6 Å². The van der Waals surface area contributed by atoms with E-state index >= 15 is 0 Å². The fourth-order valence-corrected chi connectivity index (χ4v) is 5.38. The summed E-state index contributed by atoms with van der Waals surface area (Å²) in [4.78, 5) is 0.987. The minimum atomic E-state index is -2.98. The minimum absolute atomic E-state index is 0.133. The Bertz CT molecular complexity index is 493. The molecule has 90 valence electrons. The highest BCUT2D eigenvalue weighted by Crippen LogP contribution is 2.32. The molecule has 1 aliphatic heterocycles. The fourth-order valence-electron chi connectivity index (χ4n) is 2.09. The number of hydrogen-bond acceptors (Lipinski definition) is 4. The molecule has 0 spiro atoms. The molecule has 1 unspecified atom stereocenters. The summed E-state index contributed by atoms with van der Waals surface area (Å²) in [6.07, 6.45) is 0. The van der Waals surface area contributed by atoms with Gasteiger partial charge >= 0.3 is 0 Å². The molecule has 2 heterocycles. The van der Waals surface area contributed by atoms with Crippen LogP contribution in [0.2, 0.25) is 4.34 Å². The van der Waals surface area contributed by atoms with Crippen LogP contribution in [0.5, 0.6) is 0 Å². The predicted octanol–water partition coefficient (Wildman–Crippen LogP) is 2.24. The van der Waals surface area contributed by atoms with Crippen molar-refractivity contribution in [2.75, 3.05) is 11.5 Å². The summed E-state index contributed by atoms with van der Waals surface area (Å²) in [6.45, 7) is 3.82. The van der Waals surface area contributed by atoms with Crippen molar-refractivity contribution in [3.05, 3.63) is 21.3 Å². The van der Waals surface area contributed by atoms with E-state index in [0.29, 0.717) is 4.34 Å². The van der Waals surface area contributed by atoms with Crippen molar-refractivity contribution in [3.63, 3.8) is 0 Å². The van der Waals surface area contributed by atoms with E-state index < -0.39 is 9.84 Å². The van der Waals surface area contributed by atoms with Crippen LogP contribution in [-0.2, 0) is 9.84 Å². The third-order valence-electron chi connectivity index (χ3n) is 2.50. The van der Waals surface area contributed by atoms with Gasteiger partial charge in [-0.05, 0) is 26.0 Å². The summed E-state index contributed by atoms with van der Waals surface area (Å²) in [6, 6.07) is 3.56. The van der Waals surface area contributed by atoms with Crippen LogP contribution in [0.25, 0.3) is 0 Å². The molecule has 0 bridgehead atoms. The Kier molecular flexibility index (Phi) is 3.07. The standard InChI is InChI=1S/C10H14ClNO2S2/c1-10(2)6-16(13,14)5-7(12-10)8-3-4-9(11)15-8/h3-4,7,12H,5-6H2,1-2H3. The van der Waals surface area contributed by atoms with Crippen molar-refractivity contribution in [1.29, 1.82) is 0 Å². The van der Waals surface area contributed by atoms with Gasteiger partial charge in [-0.2, -0.15) is 0 Å². The molecule has 0 amide bonds. The van der Waals surface area contributed by atoms with Crippen LogP contribution in [-0.4, -0.2) is 25.5 Å². The van der Waals surface area contributed by atoms with Crippen LogP contribution >= 0.6 is 22.9 Å². The Morgan fingerprint density at radius 1 is 1.50 bits per heavy atom. The van der Waals surface area contributed by atoms with Crippen molar-refractivity contribution in [2.45, 2.75) is 25.4 Å². The lowest BCUT2D eigenvalue weighted by atomic mass is 10.1. The van der Waals surface area contributed by atoms with Crippen molar-refractivity contribution >= 4 is 32.8 Å². The first kappa shape index (κ1) is 12.4. The average Bonchev–Trinajstić information content (AvgIpc) is 2.45.